The van der Waals surface area contributed by atoms with Gasteiger partial charge in [-0.2, -0.15) is 0 Å². The van der Waals surface area contributed by atoms with E-state index < -0.39 is 18.0 Å². The van der Waals surface area contributed by atoms with Crippen LogP contribution < -0.4 is 0 Å². The predicted molar refractivity (Wildman–Crippen MR) is 50.2 cm³/mol. The predicted octanol–water partition coefficient (Wildman–Crippen LogP) is 2.85. The minimum atomic E-state index is -2.79. The van der Waals surface area contributed by atoms with Crippen molar-refractivity contribution in [1.29, 1.82) is 0 Å². The van der Waals surface area contributed by atoms with Crippen LogP contribution in [0.15, 0.2) is 12.3 Å². The molecule has 0 bridgehead atoms. The van der Waals surface area contributed by atoms with Gasteiger partial charge in [0.1, 0.15) is 5.15 Å². The number of nitrogens with zero attached hydrogens (tertiary/aromatic N) is 1. The van der Waals surface area contributed by atoms with Gasteiger partial charge in [-0.15, -0.1) is 0 Å². The van der Waals surface area contributed by atoms with Crippen LogP contribution in [0.1, 0.15) is 29.3 Å². The molecule has 0 atom stereocenters. The van der Waals surface area contributed by atoms with Crippen LogP contribution >= 0.6 is 11.6 Å². The number of alkyl halides is 2. The summed E-state index contributed by atoms with van der Waals surface area (Å²) in [4.78, 5) is 14.8. The van der Waals surface area contributed by atoms with E-state index in [1.807, 2.05) is 0 Å². The highest BCUT2D eigenvalue weighted by molar-refractivity contribution is 6.29. The van der Waals surface area contributed by atoms with E-state index in [1.165, 1.54) is 0 Å². The minimum absolute atomic E-state index is 0.0849. The highest BCUT2D eigenvalue weighted by Crippen LogP contribution is 2.25. The molecule has 82 valence electrons. The van der Waals surface area contributed by atoms with Crippen LogP contribution in [0, 0.1) is 0 Å². The third-order valence-corrected chi connectivity index (χ3v) is 1.84. The maximum atomic E-state index is 12.5. The fourth-order valence-corrected chi connectivity index (χ4v) is 1.17. The quantitative estimate of drug-likeness (QED) is 0.597. The minimum Gasteiger partial charge on any atom is -0.462 e. The molecular formula is C9H8ClF2NO2. The van der Waals surface area contributed by atoms with Crippen molar-refractivity contribution in [3.05, 3.63) is 28.5 Å². The normalized spacial score (nSPS) is 10.5. The first-order chi connectivity index (χ1) is 7.06. The average molecular weight is 236 g/mol. The fraction of sp³-hybridized carbons (Fsp3) is 0.333. The van der Waals surface area contributed by atoms with Crippen LogP contribution in [0.3, 0.4) is 0 Å². The Balaban J connectivity index is 3.11. The topological polar surface area (TPSA) is 39.2 Å². The van der Waals surface area contributed by atoms with Crippen LogP contribution in [0.5, 0.6) is 0 Å². The van der Waals surface area contributed by atoms with E-state index >= 15 is 0 Å². The van der Waals surface area contributed by atoms with Crippen LogP contribution in [0.25, 0.3) is 0 Å². The Labute approximate surface area is 90.0 Å². The number of esters is 1. The highest BCUT2D eigenvalue weighted by atomic mass is 35.5. The van der Waals surface area contributed by atoms with Gasteiger partial charge in [0, 0.05) is 11.8 Å². The van der Waals surface area contributed by atoms with E-state index in [1.54, 1.807) is 6.92 Å². The van der Waals surface area contributed by atoms with Gasteiger partial charge in [0.05, 0.1) is 12.2 Å². The summed E-state index contributed by atoms with van der Waals surface area (Å²) >= 11 is 5.45. The van der Waals surface area contributed by atoms with Crippen molar-refractivity contribution in [2.24, 2.45) is 0 Å². The van der Waals surface area contributed by atoms with Crippen LogP contribution in [-0.2, 0) is 4.74 Å². The molecule has 1 aromatic rings. The Morgan fingerprint density at radius 1 is 1.67 bits per heavy atom. The third kappa shape index (κ3) is 2.86. The lowest BCUT2D eigenvalue weighted by Crippen LogP contribution is -2.09. The van der Waals surface area contributed by atoms with Gasteiger partial charge in [-0.3, -0.25) is 0 Å². The molecule has 3 nitrogen and oxygen atoms in total. The highest BCUT2D eigenvalue weighted by Gasteiger charge is 2.20. The number of carbonyl (C=O) groups is 1. The Morgan fingerprint density at radius 2 is 2.33 bits per heavy atom. The van der Waals surface area contributed by atoms with Crippen molar-refractivity contribution in [3.8, 4) is 0 Å². The van der Waals surface area contributed by atoms with E-state index in [2.05, 4.69) is 9.72 Å². The average Bonchev–Trinajstić information content (AvgIpc) is 2.17. The Morgan fingerprint density at radius 3 is 2.87 bits per heavy atom. The van der Waals surface area contributed by atoms with E-state index in [4.69, 9.17) is 11.6 Å². The van der Waals surface area contributed by atoms with Crippen molar-refractivity contribution in [1.82, 2.24) is 4.98 Å². The molecule has 1 heterocycles. The SMILES string of the molecule is CCOC(=O)c1cnc(Cl)cc1C(F)F. The maximum Gasteiger partial charge on any atom is 0.340 e. The lowest BCUT2D eigenvalue weighted by Gasteiger charge is -2.07. The molecule has 0 fully saturated rings. The van der Waals surface area contributed by atoms with Crippen molar-refractivity contribution in [2.45, 2.75) is 13.3 Å². The molecule has 0 saturated heterocycles. The molecule has 0 N–H and O–H groups in total. The molecule has 0 aliphatic heterocycles. The number of hydrogen-bond donors (Lipinski definition) is 0. The standard InChI is InChI=1S/C9H8ClF2NO2/c1-2-15-9(14)6-4-13-7(10)3-5(6)8(11)12/h3-4,8H,2H2,1H3. The fourth-order valence-electron chi connectivity index (χ4n) is 1.00. The molecule has 1 rings (SSSR count). The zero-order valence-electron chi connectivity index (χ0n) is 7.84. The van der Waals surface area contributed by atoms with Gasteiger partial charge in [-0.25, -0.2) is 18.6 Å². The van der Waals surface area contributed by atoms with Crippen LogP contribution in [0.2, 0.25) is 5.15 Å². The number of hydrogen-bond acceptors (Lipinski definition) is 3. The second kappa shape index (κ2) is 5.02. The second-order valence-corrected chi connectivity index (χ2v) is 3.00. The first-order valence-electron chi connectivity index (χ1n) is 4.17. The molecule has 0 saturated carbocycles. The number of aromatic nitrogens is 1. The van der Waals surface area contributed by atoms with Crippen LogP contribution in [-0.4, -0.2) is 17.6 Å². The van der Waals surface area contributed by atoms with E-state index in [0.29, 0.717) is 0 Å². The molecule has 0 aliphatic carbocycles. The smallest absolute Gasteiger partial charge is 0.340 e. The molecular weight excluding hydrogens is 228 g/mol. The molecule has 0 aromatic carbocycles. The van der Waals surface area contributed by atoms with E-state index in [0.717, 1.165) is 12.3 Å². The molecule has 0 spiro atoms. The van der Waals surface area contributed by atoms with Gasteiger partial charge in [-0.05, 0) is 13.0 Å². The van der Waals surface area contributed by atoms with Gasteiger partial charge < -0.3 is 4.74 Å². The number of carbonyl (C=O) groups excluding carboxylic acids is 1. The Bertz CT molecular complexity index is 371. The largest absolute Gasteiger partial charge is 0.462 e. The summed E-state index contributed by atoms with van der Waals surface area (Å²) in [6, 6.07) is 0.957. The monoisotopic (exact) mass is 235 g/mol. The lowest BCUT2D eigenvalue weighted by atomic mass is 10.1. The van der Waals surface area contributed by atoms with Gasteiger partial charge in [0.25, 0.3) is 6.43 Å². The van der Waals surface area contributed by atoms with E-state index in [9.17, 15) is 13.6 Å². The number of rotatable bonds is 3. The first-order valence-corrected chi connectivity index (χ1v) is 4.54. The summed E-state index contributed by atoms with van der Waals surface area (Å²) in [5.41, 5.74) is -0.718. The summed E-state index contributed by atoms with van der Waals surface area (Å²) in [5.74, 6) is -0.822. The molecule has 15 heavy (non-hydrogen) atoms. The van der Waals surface area contributed by atoms with Crippen LogP contribution in [0.4, 0.5) is 8.78 Å². The molecule has 6 heteroatoms. The third-order valence-electron chi connectivity index (χ3n) is 1.63. The van der Waals surface area contributed by atoms with Gasteiger partial charge in [0.2, 0.25) is 0 Å². The zero-order valence-corrected chi connectivity index (χ0v) is 8.59. The summed E-state index contributed by atoms with van der Waals surface area (Å²) in [7, 11) is 0. The lowest BCUT2D eigenvalue weighted by molar-refractivity contribution is 0.0515. The molecule has 0 unspecified atom stereocenters. The van der Waals surface area contributed by atoms with Crippen molar-refractivity contribution < 1.29 is 18.3 Å². The molecule has 0 amide bonds. The Kier molecular flexibility index (Phi) is 3.96. The first kappa shape index (κ1) is 11.8. The Hall–Kier alpha value is -1.23. The molecule has 0 aliphatic rings. The zero-order chi connectivity index (χ0) is 11.4. The molecule has 0 radical (unpaired) electrons. The van der Waals surface area contributed by atoms with Gasteiger partial charge in [0.15, 0.2) is 0 Å². The van der Waals surface area contributed by atoms with Gasteiger partial charge >= 0.3 is 5.97 Å². The summed E-state index contributed by atoms with van der Waals surface area (Å²) < 4.78 is 29.6. The van der Waals surface area contributed by atoms with Crippen molar-refractivity contribution in [3.63, 3.8) is 0 Å². The number of pyridine rings is 1. The molecule has 1 aromatic heterocycles. The van der Waals surface area contributed by atoms with Gasteiger partial charge in [-0.1, -0.05) is 11.6 Å². The summed E-state index contributed by atoms with van der Waals surface area (Å²) in [6.45, 7) is 1.70. The summed E-state index contributed by atoms with van der Waals surface area (Å²) in [6.07, 6.45) is -1.80. The van der Waals surface area contributed by atoms with E-state index in [-0.39, 0.29) is 17.3 Å². The number of halogens is 3. The summed E-state index contributed by atoms with van der Waals surface area (Å²) in [5, 5.41) is -0.0849. The second-order valence-electron chi connectivity index (χ2n) is 2.62. The maximum absolute atomic E-state index is 12.5. The number of ether oxygens (including phenoxy) is 1. The van der Waals surface area contributed by atoms with Crippen molar-refractivity contribution in [2.75, 3.05) is 6.61 Å². The van der Waals surface area contributed by atoms with Crippen molar-refractivity contribution >= 4 is 17.6 Å².